The summed E-state index contributed by atoms with van der Waals surface area (Å²) in [5, 5.41) is 0. The lowest BCUT2D eigenvalue weighted by Crippen LogP contribution is -2.41. The van der Waals surface area contributed by atoms with Crippen LogP contribution in [0, 0.1) is 0 Å². The number of nitrogens with two attached hydrogens (primary N) is 1. The molecular formula is C15H24N2O3. The predicted octanol–water partition coefficient (Wildman–Crippen LogP) is 1.79. The fourth-order valence-electron chi connectivity index (χ4n) is 2.05. The van der Waals surface area contributed by atoms with E-state index in [1.807, 2.05) is 25.1 Å². The van der Waals surface area contributed by atoms with E-state index >= 15 is 0 Å². The Hall–Kier alpha value is -1.75. The second-order valence-corrected chi connectivity index (χ2v) is 4.78. The van der Waals surface area contributed by atoms with Crippen molar-refractivity contribution in [1.82, 2.24) is 4.90 Å². The van der Waals surface area contributed by atoms with Gasteiger partial charge in [0.2, 0.25) is 5.91 Å². The van der Waals surface area contributed by atoms with Crippen LogP contribution in [0.2, 0.25) is 0 Å². The van der Waals surface area contributed by atoms with Crippen molar-refractivity contribution in [3.63, 3.8) is 0 Å². The van der Waals surface area contributed by atoms with Crippen molar-refractivity contribution in [2.45, 2.75) is 32.4 Å². The number of methoxy groups -OCH3 is 2. The number of amides is 1. The highest BCUT2D eigenvalue weighted by atomic mass is 16.5. The number of carbonyl (C=O) groups is 1. The van der Waals surface area contributed by atoms with Crippen LogP contribution in [0.15, 0.2) is 18.2 Å². The molecule has 5 heteroatoms. The summed E-state index contributed by atoms with van der Waals surface area (Å²) in [6, 6.07) is 5.19. The van der Waals surface area contributed by atoms with Gasteiger partial charge in [-0.1, -0.05) is 19.4 Å². The van der Waals surface area contributed by atoms with E-state index in [2.05, 4.69) is 0 Å². The zero-order valence-electron chi connectivity index (χ0n) is 12.7. The Balaban J connectivity index is 2.75. The van der Waals surface area contributed by atoms with Gasteiger partial charge >= 0.3 is 0 Å². The van der Waals surface area contributed by atoms with Gasteiger partial charge in [0.05, 0.1) is 20.3 Å². The van der Waals surface area contributed by atoms with Gasteiger partial charge in [0.15, 0.2) is 11.5 Å². The largest absolute Gasteiger partial charge is 0.493 e. The smallest absolute Gasteiger partial charge is 0.239 e. The van der Waals surface area contributed by atoms with Gasteiger partial charge in [-0.05, 0) is 24.1 Å². The molecule has 0 aliphatic carbocycles. The molecule has 0 heterocycles. The van der Waals surface area contributed by atoms with Crippen molar-refractivity contribution < 1.29 is 14.3 Å². The molecular weight excluding hydrogens is 256 g/mol. The van der Waals surface area contributed by atoms with Crippen LogP contribution in [0.1, 0.15) is 25.3 Å². The monoisotopic (exact) mass is 280 g/mol. The van der Waals surface area contributed by atoms with Crippen molar-refractivity contribution in [2.24, 2.45) is 5.73 Å². The van der Waals surface area contributed by atoms with Gasteiger partial charge in [0.1, 0.15) is 0 Å². The summed E-state index contributed by atoms with van der Waals surface area (Å²) in [7, 11) is 4.94. The third-order valence-electron chi connectivity index (χ3n) is 3.16. The average molecular weight is 280 g/mol. The first-order chi connectivity index (χ1) is 9.53. The van der Waals surface area contributed by atoms with Crippen molar-refractivity contribution in [3.05, 3.63) is 23.8 Å². The van der Waals surface area contributed by atoms with Crippen LogP contribution in [0.4, 0.5) is 0 Å². The molecule has 0 aromatic heterocycles. The Morgan fingerprint density at radius 3 is 2.50 bits per heavy atom. The molecule has 1 atom stereocenters. The molecule has 20 heavy (non-hydrogen) atoms. The molecule has 0 aliphatic heterocycles. The normalized spacial score (nSPS) is 11.8. The van der Waals surface area contributed by atoms with E-state index in [9.17, 15) is 4.79 Å². The summed E-state index contributed by atoms with van der Waals surface area (Å²) >= 11 is 0. The van der Waals surface area contributed by atoms with E-state index in [0.717, 1.165) is 12.0 Å². The number of likely N-dealkylation sites (N-methyl/N-ethyl adjacent to an activating group) is 1. The van der Waals surface area contributed by atoms with E-state index in [0.29, 0.717) is 24.5 Å². The number of benzene rings is 1. The quantitative estimate of drug-likeness (QED) is 0.827. The first kappa shape index (κ1) is 16.3. The van der Waals surface area contributed by atoms with Crippen molar-refractivity contribution >= 4 is 5.91 Å². The fourth-order valence-corrected chi connectivity index (χ4v) is 2.05. The van der Waals surface area contributed by atoms with Gasteiger partial charge in [-0.15, -0.1) is 0 Å². The van der Waals surface area contributed by atoms with Gasteiger partial charge in [0, 0.05) is 13.6 Å². The van der Waals surface area contributed by atoms with Gasteiger partial charge in [-0.3, -0.25) is 4.79 Å². The zero-order chi connectivity index (χ0) is 15.1. The summed E-state index contributed by atoms with van der Waals surface area (Å²) in [5.74, 6) is 1.29. The fraction of sp³-hybridized carbons (Fsp3) is 0.533. The van der Waals surface area contributed by atoms with Gasteiger partial charge in [0.25, 0.3) is 0 Å². The summed E-state index contributed by atoms with van der Waals surface area (Å²) in [6.45, 7) is 2.51. The third kappa shape index (κ3) is 4.13. The Morgan fingerprint density at radius 2 is 1.95 bits per heavy atom. The average Bonchev–Trinajstić information content (AvgIpc) is 2.46. The molecule has 0 fully saturated rings. The number of hydrogen-bond acceptors (Lipinski definition) is 4. The summed E-state index contributed by atoms with van der Waals surface area (Å²) in [6.07, 6.45) is 1.60. The second kappa shape index (κ2) is 7.75. The van der Waals surface area contributed by atoms with Crippen LogP contribution >= 0.6 is 0 Å². The summed E-state index contributed by atoms with van der Waals surface area (Å²) in [5.41, 5.74) is 6.82. The van der Waals surface area contributed by atoms with Crippen LogP contribution < -0.4 is 15.2 Å². The lowest BCUT2D eigenvalue weighted by atomic mass is 10.1. The highest BCUT2D eigenvalue weighted by Crippen LogP contribution is 2.27. The number of carbonyl (C=O) groups excluding carboxylic acids is 1. The van der Waals surface area contributed by atoms with Crippen LogP contribution in [0.25, 0.3) is 0 Å². The Labute approximate surface area is 120 Å². The molecule has 0 aliphatic rings. The van der Waals surface area contributed by atoms with E-state index in [-0.39, 0.29) is 5.91 Å². The van der Waals surface area contributed by atoms with Crippen molar-refractivity contribution in [2.75, 3.05) is 21.3 Å². The molecule has 1 aromatic carbocycles. The molecule has 1 rings (SSSR count). The molecule has 2 N–H and O–H groups in total. The number of rotatable bonds is 7. The first-order valence-electron chi connectivity index (χ1n) is 6.74. The van der Waals surface area contributed by atoms with E-state index in [1.165, 1.54) is 0 Å². The van der Waals surface area contributed by atoms with Crippen LogP contribution in [-0.2, 0) is 11.3 Å². The lowest BCUT2D eigenvalue weighted by Gasteiger charge is -2.21. The Bertz CT molecular complexity index is 449. The second-order valence-electron chi connectivity index (χ2n) is 4.78. The molecule has 0 radical (unpaired) electrons. The topological polar surface area (TPSA) is 64.8 Å². The maximum absolute atomic E-state index is 12.1. The van der Waals surface area contributed by atoms with E-state index < -0.39 is 6.04 Å². The van der Waals surface area contributed by atoms with E-state index in [1.54, 1.807) is 26.2 Å². The lowest BCUT2D eigenvalue weighted by molar-refractivity contribution is -0.132. The molecule has 112 valence electrons. The van der Waals surface area contributed by atoms with Crippen molar-refractivity contribution in [1.29, 1.82) is 0 Å². The predicted molar refractivity (Wildman–Crippen MR) is 78.9 cm³/mol. The molecule has 1 aromatic rings. The minimum atomic E-state index is -0.426. The maximum atomic E-state index is 12.1. The number of ether oxygens (including phenoxy) is 2. The zero-order valence-corrected chi connectivity index (χ0v) is 12.7. The molecule has 0 unspecified atom stereocenters. The number of nitrogens with zero attached hydrogens (tertiary/aromatic N) is 1. The highest BCUT2D eigenvalue weighted by molar-refractivity contribution is 5.81. The number of hydrogen-bond donors (Lipinski definition) is 1. The molecule has 0 spiro atoms. The Kier molecular flexibility index (Phi) is 6.31. The highest BCUT2D eigenvalue weighted by Gasteiger charge is 2.17. The maximum Gasteiger partial charge on any atom is 0.239 e. The molecule has 0 saturated carbocycles. The summed E-state index contributed by atoms with van der Waals surface area (Å²) < 4.78 is 10.4. The Morgan fingerprint density at radius 1 is 1.30 bits per heavy atom. The SMILES string of the molecule is CCC[C@@H](N)C(=O)N(C)Cc1ccc(OC)c(OC)c1. The van der Waals surface area contributed by atoms with Gasteiger partial charge in [-0.2, -0.15) is 0 Å². The van der Waals surface area contributed by atoms with Gasteiger partial charge < -0.3 is 20.1 Å². The molecule has 0 saturated heterocycles. The van der Waals surface area contributed by atoms with Crippen LogP contribution in [-0.4, -0.2) is 38.1 Å². The minimum absolute atomic E-state index is 0.0402. The van der Waals surface area contributed by atoms with Crippen LogP contribution in [0.3, 0.4) is 0 Å². The minimum Gasteiger partial charge on any atom is -0.493 e. The van der Waals surface area contributed by atoms with Gasteiger partial charge in [-0.25, -0.2) is 0 Å². The first-order valence-corrected chi connectivity index (χ1v) is 6.74. The summed E-state index contributed by atoms with van der Waals surface area (Å²) in [4.78, 5) is 13.7. The standard InChI is InChI=1S/C15H24N2O3/c1-5-6-12(16)15(18)17(2)10-11-7-8-13(19-3)14(9-11)20-4/h7-9,12H,5-6,10,16H2,1-4H3/t12-/m1/s1. The molecule has 1 amide bonds. The molecule has 5 nitrogen and oxygen atoms in total. The van der Waals surface area contributed by atoms with Crippen molar-refractivity contribution in [3.8, 4) is 11.5 Å². The molecule has 0 bridgehead atoms. The third-order valence-corrected chi connectivity index (χ3v) is 3.16. The van der Waals surface area contributed by atoms with Crippen LogP contribution in [0.5, 0.6) is 11.5 Å². The van der Waals surface area contributed by atoms with E-state index in [4.69, 9.17) is 15.2 Å².